The van der Waals surface area contributed by atoms with E-state index >= 15 is 0 Å². The molecule has 0 spiro atoms. The summed E-state index contributed by atoms with van der Waals surface area (Å²) < 4.78 is 3.57. The quantitative estimate of drug-likeness (QED) is 0.751. The van der Waals surface area contributed by atoms with Crippen molar-refractivity contribution < 1.29 is 0 Å². The minimum Gasteiger partial charge on any atom is -0.380 e. The Balaban J connectivity index is 2.03. The highest BCUT2D eigenvalue weighted by atomic mass is 35.5. The highest BCUT2D eigenvalue weighted by Gasteiger charge is 2.17. The molecule has 3 rings (SSSR count). The summed E-state index contributed by atoms with van der Waals surface area (Å²) >= 11 is 6.16. The molecule has 0 aromatic carbocycles. The summed E-state index contributed by atoms with van der Waals surface area (Å²) in [4.78, 5) is 4.41. The van der Waals surface area contributed by atoms with Crippen molar-refractivity contribution >= 4 is 28.3 Å². The molecule has 0 amide bonds. The minimum atomic E-state index is 0.311. The molecule has 0 aliphatic heterocycles. The Hall–Kier alpha value is -2.08. The standard InChI is InChI=1S/C15H19ClN6/c1-9(2)14-13-11(17-6-10-7-18-21(3)8-10)5-12(16)19-15(13)22(4)20-14/h5,7-9H,6H2,1-4H3,(H,17,19). The highest BCUT2D eigenvalue weighted by molar-refractivity contribution is 6.30. The number of rotatable bonds is 4. The lowest BCUT2D eigenvalue weighted by Crippen LogP contribution is -2.01. The Morgan fingerprint density at radius 2 is 2.09 bits per heavy atom. The van der Waals surface area contributed by atoms with Crippen molar-refractivity contribution in [3.8, 4) is 0 Å². The second-order valence-corrected chi connectivity index (χ2v) is 6.12. The Bertz CT molecular complexity index is 817. The lowest BCUT2D eigenvalue weighted by molar-refractivity contribution is 0.724. The van der Waals surface area contributed by atoms with Crippen molar-refractivity contribution in [2.75, 3.05) is 5.32 Å². The first-order valence-corrected chi connectivity index (χ1v) is 7.58. The third-order valence-corrected chi connectivity index (χ3v) is 3.77. The normalized spacial score (nSPS) is 11.5. The first-order chi connectivity index (χ1) is 10.5. The number of halogens is 1. The van der Waals surface area contributed by atoms with E-state index in [9.17, 15) is 0 Å². The van der Waals surface area contributed by atoms with Crippen LogP contribution in [-0.2, 0) is 20.6 Å². The third-order valence-electron chi connectivity index (χ3n) is 3.58. The van der Waals surface area contributed by atoms with Gasteiger partial charge >= 0.3 is 0 Å². The molecular weight excluding hydrogens is 300 g/mol. The van der Waals surface area contributed by atoms with Crippen LogP contribution in [0.3, 0.4) is 0 Å². The maximum absolute atomic E-state index is 6.16. The van der Waals surface area contributed by atoms with E-state index in [-0.39, 0.29) is 0 Å². The zero-order chi connectivity index (χ0) is 15.9. The number of anilines is 1. The van der Waals surface area contributed by atoms with Crippen molar-refractivity contribution in [1.82, 2.24) is 24.5 Å². The molecule has 0 fully saturated rings. The van der Waals surface area contributed by atoms with Gasteiger partial charge < -0.3 is 5.32 Å². The minimum absolute atomic E-state index is 0.311. The lowest BCUT2D eigenvalue weighted by atomic mass is 10.1. The van der Waals surface area contributed by atoms with Gasteiger partial charge in [0.05, 0.1) is 23.0 Å². The smallest absolute Gasteiger partial charge is 0.161 e. The van der Waals surface area contributed by atoms with Crippen molar-refractivity contribution in [3.05, 3.63) is 34.9 Å². The molecule has 0 atom stereocenters. The lowest BCUT2D eigenvalue weighted by Gasteiger charge is -2.09. The van der Waals surface area contributed by atoms with E-state index in [1.165, 1.54) is 0 Å². The van der Waals surface area contributed by atoms with E-state index in [2.05, 4.69) is 34.3 Å². The van der Waals surface area contributed by atoms with Gasteiger partial charge in [0, 0.05) is 32.4 Å². The van der Waals surface area contributed by atoms with E-state index in [0.29, 0.717) is 17.6 Å². The number of hydrogen-bond acceptors (Lipinski definition) is 4. The van der Waals surface area contributed by atoms with E-state index in [0.717, 1.165) is 28.0 Å². The van der Waals surface area contributed by atoms with Crippen molar-refractivity contribution in [2.45, 2.75) is 26.3 Å². The van der Waals surface area contributed by atoms with E-state index in [1.807, 2.05) is 32.6 Å². The predicted octanol–water partition coefficient (Wildman–Crippen LogP) is 3.09. The van der Waals surface area contributed by atoms with Crippen LogP contribution in [0.2, 0.25) is 5.15 Å². The summed E-state index contributed by atoms with van der Waals surface area (Å²) in [6.07, 6.45) is 3.83. The number of pyridine rings is 1. The molecule has 3 aromatic heterocycles. The van der Waals surface area contributed by atoms with Gasteiger partial charge in [0.2, 0.25) is 0 Å². The van der Waals surface area contributed by atoms with E-state index < -0.39 is 0 Å². The topological polar surface area (TPSA) is 60.6 Å². The molecule has 6 nitrogen and oxygen atoms in total. The average molecular weight is 319 g/mol. The van der Waals surface area contributed by atoms with Gasteiger partial charge in [0.15, 0.2) is 5.65 Å². The van der Waals surface area contributed by atoms with Crippen LogP contribution >= 0.6 is 11.6 Å². The van der Waals surface area contributed by atoms with E-state index in [1.54, 1.807) is 9.36 Å². The van der Waals surface area contributed by atoms with Crippen LogP contribution in [0, 0.1) is 0 Å². The molecule has 3 heterocycles. The van der Waals surface area contributed by atoms with Gasteiger partial charge in [-0.05, 0) is 12.0 Å². The fourth-order valence-corrected chi connectivity index (χ4v) is 2.74. The first-order valence-electron chi connectivity index (χ1n) is 7.20. The monoisotopic (exact) mass is 318 g/mol. The molecule has 116 valence electrons. The summed E-state index contributed by atoms with van der Waals surface area (Å²) in [5, 5.41) is 13.7. The number of nitrogens with zero attached hydrogens (tertiary/aromatic N) is 5. The molecule has 0 saturated carbocycles. The molecule has 0 aliphatic rings. The van der Waals surface area contributed by atoms with Gasteiger partial charge in [0.1, 0.15) is 5.15 Å². The molecule has 0 radical (unpaired) electrons. The summed E-state index contributed by atoms with van der Waals surface area (Å²) in [5.41, 5.74) is 3.88. The van der Waals surface area contributed by atoms with Crippen LogP contribution in [0.4, 0.5) is 5.69 Å². The zero-order valence-electron chi connectivity index (χ0n) is 13.1. The third kappa shape index (κ3) is 2.66. The van der Waals surface area contributed by atoms with Crippen LogP contribution in [-0.4, -0.2) is 24.5 Å². The number of hydrogen-bond donors (Lipinski definition) is 1. The maximum Gasteiger partial charge on any atom is 0.161 e. The molecule has 0 aliphatic carbocycles. The fourth-order valence-electron chi connectivity index (χ4n) is 2.55. The predicted molar refractivity (Wildman–Crippen MR) is 88.1 cm³/mol. The van der Waals surface area contributed by atoms with Crippen LogP contribution in [0.1, 0.15) is 31.0 Å². The number of fused-ring (bicyclic) bond motifs is 1. The van der Waals surface area contributed by atoms with Gasteiger partial charge in [-0.15, -0.1) is 0 Å². The highest BCUT2D eigenvalue weighted by Crippen LogP contribution is 2.32. The van der Waals surface area contributed by atoms with Gasteiger partial charge in [0.25, 0.3) is 0 Å². The first kappa shape index (κ1) is 14.8. The second kappa shape index (κ2) is 5.61. The Labute approximate surface area is 134 Å². The Kier molecular flexibility index (Phi) is 3.78. The van der Waals surface area contributed by atoms with Gasteiger partial charge in [-0.1, -0.05) is 25.4 Å². The number of nitrogens with one attached hydrogen (secondary N) is 1. The van der Waals surface area contributed by atoms with Crippen molar-refractivity contribution in [2.24, 2.45) is 14.1 Å². The molecule has 7 heteroatoms. The van der Waals surface area contributed by atoms with E-state index in [4.69, 9.17) is 11.6 Å². The van der Waals surface area contributed by atoms with Gasteiger partial charge in [-0.25, -0.2) is 4.98 Å². The van der Waals surface area contributed by atoms with Crippen LogP contribution in [0.5, 0.6) is 0 Å². The molecule has 0 saturated heterocycles. The van der Waals surface area contributed by atoms with Crippen LogP contribution in [0.15, 0.2) is 18.5 Å². The van der Waals surface area contributed by atoms with Gasteiger partial charge in [-0.2, -0.15) is 10.2 Å². The zero-order valence-corrected chi connectivity index (χ0v) is 13.9. The molecule has 3 aromatic rings. The van der Waals surface area contributed by atoms with Crippen LogP contribution in [0.25, 0.3) is 11.0 Å². The summed E-state index contributed by atoms with van der Waals surface area (Å²) in [7, 11) is 3.80. The second-order valence-electron chi connectivity index (χ2n) is 5.73. The number of aromatic nitrogens is 5. The maximum atomic E-state index is 6.16. The van der Waals surface area contributed by atoms with Gasteiger partial charge in [-0.3, -0.25) is 9.36 Å². The van der Waals surface area contributed by atoms with Crippen LogP contribution < -0.4 is 5.32 Å². The molecule has 0 unspecified atom stereocenters. The number of aryl methyl sites for hydroxylation is 2. The summed E-state index contributed by atoms with van der Waals surface area (Å²) in [6.45, 7) is 4.93. The molecule has 22 heavy (non-hydrogen) atoms. The molecular formula is C15H19ClN6. The summed E-state index contributed by atoms with van der Waals surface area (Å²) in [6, 6.07) is 1.85. The van der Waals surface area contributed by atoms with Crippen molar-refractivity contribution in [1.29, 1.82) is 0 Å². The molecule has 1 N–H and O–H groups in total. The fraction of sp³-hybridized carbons (Fsp3) is 0.400. The Morgan fingerprint density at radius 3 is 2.73 bits per heavy atom. The Morgan fingerprint density at radius 1 is 1.32 bits per heavy atom. The average Bonchev–Trinajstić information content (AvgIpc) is 3.01. The SMILES string of the molecule is CC(C)c1nn(C)c2nc(Cl)cc(NCc3cnn(C)c3)c12. The summed E-state index contributed by atoms with van der Waals surface area (Å²) in [5.74, 6) is 0.311. The molecule has 0 bridgehead atoms. The van der Waals surface area contributed by atoms with Crippen molar-refractivity contribution in [3.63, 3.8) is 0 Å². The largest absolute Gasteiger partial charge is 0.380 e.